The van der Waals surface area contributed by atoms with Crippen LogP contribution in [-0.4, -0.2) is 46.6 Å². The van der Waals surface area contributed by atoms with Crippen molar-refractivity contribution < 1.29 is 19.5 Å². The molecule has 1 fully saturated rings. The largest absolute Gasteiger partial charge is 0.481 e. The number of nitrogens with zero attached hydrogens (tertiary/aromatic N) is 2. The molecule has 0 spiro atoms. The fourth-order valence-corrected chi connectivity index (χ4v) is 2.39. The van der Waals surface area contributed by atoms with Gasteiger partial charge in [0.25, 0.3) is 5.91 Å². The molecule has 0 bridgehead atoms. The summed E-state index contributed by atoms with van der Waals surface area (Å²) in [6.07, 6.45) is 2.24. The number of likely N-dealkylation sites (tertiary alicyclic amines) is 1. The minimum atomic E-state index is -0.802. The van der Waals surface area contributed by atoms with Crippen LogP contribution < -0.4 is 5.43 Å². The molecule has 1 unspecified atom stereocenters. The second kappa shape index (κ2) is 5.81. The monoisotopic (exact) mass is 267 g/mol. The van der Waals surface area contributed by atoms with Crippen molar-refractivity contribution in [1.82, 2.24) is 10.3 Å². The van der Waals surface area contributed by atoms with Crippen LogP contribution in [0.3, 0.4) is 0 Å². The average molecular weight is 267 g/mol. The average Bonchev–Trinajstić information content (AvgIpc) is 2.85. The molecule has 2 aliphatic rings. The first-order chi connectivity index (χ1) is 9.06. The molecule has 7 heteroatoms. The molecule has 0 saturated carbocycles. The van der Waals surface area contributed by atoms with E-state index in [-0.39, 0.29) is 24.2 Å². The van der Waals surface area contributed by atoms with Crippen molar-refractivity contribution in [3.63, 3.8) is 0 Å². The molecule has 1 saturated heterocycles. The van der Waals surface area contributed by atoms with Crippen LogP contribution in [0, 0.1) is 5.92 Å². The van der Waals surface area contributed by atoms with Gasteiger partial charge in [-0.05, 0) is 18.8 Å². The summed E-state index contributed by atoms with van der Waals surface area (Å²) < 4.78 is 0. The molecule has 0 radical (unpaired) electrons. The lowest BCUT2D eigenvalue weighted by molar-refractivity contribution is -0.137. The van der Waals surface area contributed by atoms with Gasteiger partial charge in [-0.1, -0.05) is 0 Å². The van der Waals surface area contributed by atoms with Gasteiger partial charge in [0.1, 0.15) is 5.71 Å². The molecule has 1 atom stereocenters. The van der Waals surface area contributed by atoms with Gasteiger partial charge in [0.2, 0.25) is 5.91 Å². The molecular weight excluding hydrogens is 250 g/mol. The van der Waals surface area contributed by atoms with Crippen molar-refractivity contribution >= 4 is 23.5 Å². The summed E-state index contributed by atoms with van der Waals surface area (Å²) in [4.78, 5) is 35.3. The lowest BCUT2D eigenvalue weighted by atomic mass is 10.0. The van der Waals surface area contributed by atoms with Gasteiger partial charge in [-0.25, -0.2) is 5.43 Å². The Kier molecular flexibility index (Phi) is 4.13. The van der Waals surface area contributed by atoms with E-state index in [0.717, 1.165) is 6.42 Å². The van der Waals surface area contributed by atoms with E-state index < -0.39 is 5.97 Å². The van der Waals surface area contributed by atoms with E-state index in [1.54, 1.807) is 4.90 Å². The maximum Gasteiger partial charge on any atom is 0.303 e. The molecule has 0 aliphatic carbocycles. The van der Waals surface area contributed by atoms with Gasteiger partial charge in [-0.15, -0.1) is 0 Å². The Bertz CT molecular complexity index is 433. The highest BCUT2D eigenvalue weighted by Gasteiger charge is 2.30. The number of carbonyl (C=O) groups excluding carboxylic acids is 2. The van der Waals surface area contributed by atoms with Crippen LogP contribution in [0.25, 0.3) is 0 Å². The highest BCUT2D eigenvalue weighted by atomic mass is 16.4. The summed E-state index contributed by atoms with van der Waals surface area (Å²) in [5, 5.41) is 12.4. The summed E-state index contributed by atoms with van der Waals surface area (Å²) in [5.74, 6) is -0.863. The maximum absolute atomic E-state index is 12.1. The van der Waals surface area contributed by atoms with E-state index in [0.29, 0.717) is 38.1 Å². The fraction of sp³-hybridized carbons (Fsp3) is 0.667. The SMILES string of the molecule is O=C(O)CCC1CCN(C(=O)C2=NNC(=O)CC2)C1. The predicted molar refractivity (Wildman–Crippen MR) is 66.4 cm³/mol. The molecule has 2 N–H and O–H groups in total. The van der Waals surface area contributed by atoms with E-state index >= 15 is 0 Å². The number of nitrogens with one attached hydrogen (secondary N) is 1. The number of rotatable bonds is 4. The number of hydrogen-bond donors (Lipinski definition) is 2. The van der Waals surface area contributed by atoms with Gasteiger partial charge in [0.05, 0.1) is 0 Å². The number of hydrazone groups is 1. The Balaban J connectivity index is 1.85. The first-order valence-electron chi connectivity index (χ1n) is 6.42. The van der Waals surface area contributed by atoms with Crippen molar-refractivity contribution in [2.75, 3.05) is 13.1 Å². The Morgan fingerprint density at radius 3 is 2.84 bits per heavy atom. The first kappa shape index (κ1) is 13.5. The molecule has 2 rings (SSSR count). The number of hydrogen-bond acceptors (Lipinski definition) is 4. The Morgan fingerprint density at radius 1 is 1.42 bits per heavy atom. The summed E-state index contributed by atoms with van der Waals surface area (Å²) >= 11 is 0. The van der Waals surface area contributed by atoms with Crippen molar-refractivity contribution in [3.8, 4) is 0 Å². The molecule has 0 aromatic rings. The molecule has 2 amide bonds. The molecule has 0 aromatic carbocycles. The van der Waals surface area contributed by atoms with Crippen LogP contribution in [0.5, 0.6) is 0 Å². The number of aliphatic carboxylic acids is 1. The van der Waals surface area contributed by atoms with Gasteiger partial charge in [0, 0.05) is 32.4 Å². The number of carboxylic acid groups (broad SMARTS) is 1. The topological polar surface area (TPSA) is 99.1 Å². The zero-order valence-corrected chi connectivity index (χ0v) is 10.6. The van der Waals surface area contributed by atoms with Crippen molar-refractivity contribution in [2.45, 2.75) is 32.1 Å². The molecule has 2 heterocycles. The van der Waals surface area contributed by atoms with Crippen LogP contribution in [0.4, 0.5) is 0 Å². The third-order valence-electron chi connectivity index (χ3n) is 3.49. The van der Waals surface area contributed by atoms with Crippen molar-refractivity contribution in [1.29, 1.82) is 0 Å². The second-order valence-corrected chi connectivity index (χ2v) is 4.93. The third kappa shape index (κ3) is 3.52. The van der Waals surface area contributed by atoms with Crippen molar-refractivity contribution in [3.05, 3.63) is 0 Å². The van der Waals surface area contributed by atoms with Crippen molar-refractivity contribution in [2.24, 2.45) is 11.0 Å². The standard InChI is InChI=1S/C12H17N3O4/c16-10-3-2-9(13-14-10)12(19)15-6-5-8(7-15)1-4-11(17)18/h8H,1-7H2,(H,14,16)(H,17,18). The Hall–Kier alpha value is -1.92. The molecule has 19 heavy (non-hydrogen) atoms. The molecule has 2 aliphatic heterocycles. The number of carbonyl (C=O) groups is 3. The summed E-state index contributed by atoms with van der Waals surface area (Å²) in [7, 11) is 0. The van der Waals surface area contributed by atoms with Gasteiger partial charge in [0.15, 0.2) is 0 Å². The van der Waals surface area contributed by atoms with E-state index in [2.05, 4.69) is 10.5 Å². The highest BCUT2D eigenvalue weighted by Crippen LogP contribution is 2.21. The van der Waals surface area contributed by atoms with Crippen LogP contribution in [-0.2, 0) is 14.4 Å². The summed E-state index contributed by atoms with van der Waals surface area (Å²) in [5.41, 5.74) is 2.70. The zero-order chi connectivity index (χ0) is 13.8. The molecule has 104 valence electrons. The lowest BCUT2D eigenvalue weighted by Crippen LogP contribution is -2.39. The van der Waals surface area contributed by atoms with Gasteiger partial charge in [-0.2, -0.15) is 5.10 Å². The molecule has 7 nitrogen and oxygen atoms in total. The van der Waals surface area contributed by atoms with E-state index in [9.17, 15) is 14.4 Å². The van der Waals surface area contributed by atoms with E-state index in [1.165, 1.54) is 0 Å². The normalized spacial score (nSPS) is 22.9. The van der Waals surface area contributed by atoms with Gasteiger partial charge in [-0.3, -0.25) is 14.4 Å². The fourth-order valence-electron chi connectivity index (χ4n) is 2.39. The van der Waals surface area contributed by atoms with Gasteiger partial charge < -0.3 is 10.0 Å². The van der Waals surface area contributed by atoms with Crippen LogP contribution >= 0.6 is 0 Å². The third-order valence-corrected chi connectivity index (χ3v) is 3.49. The summed E-state index contributed by atoms with van der Waals surface area (Å²) in [6, 6.07) is 0. The Morgan fingerprint density at radius 2 is 2.21 bits per heavy atom. The molecular formula is C12H17N3O4. The van der Waals surface area contributed by atoms with Crippen LogP contribution in [0.15, 0.2) is 5.10 Å². The minimum Gasteiger partial charge on any atom is -0.481 e. The van der Waals surface area contributed by atoms with E-state index in [4.69, 9.17) is 5.11 Å². The van der Waals surface area contributed by atoms with Crippen LogP contribution in [0.2, 0.25) is 0 Å². The van der Waals surface area contributed by atoms with E-state index in [1.807, 2.05) is 0 Å². The summed E-state index contributed by atoms with van der Waals surface area (Å²) in [6.45, 7) is 1.22. The quantitative estimate of drug-likeness (QED) is 0.747. The predicted octanol–water partition coefficient (Wildman–Crippen LogP) is -0.0343. The smallest absolute Gasteiger partial charge is 0.303 e. The minimum absolute atomic E-state index is 0.141. The zero-order valence-electron chi connectivity index (χ0n) is 10.6. The second-order valence-electron chi connectivity index (χ2n) is 4.93. The first-order valence-corrected chi connectivity index (χ1v) is 6.42. The highest BCUT2D eigenvalue weighted by molar-refractivity contribution is 6.39. The number of amides is 2. The van der Waals surface area contributed by atoms with Crippen LogP contribution in [0.1, 0.15) is 32.1 Å². The van der Waals surface area contributed by atoms with Gasteiger partial charge >= 0.3 is 5.97 Å². The number of carboxylic acids is 1. The Labute approximate surface area is 110 Å². The maximum atomic E-state index is 12.1. The molecule has 0 aromatic heterocycles. The lowest BCUT2D eigenvalue weighted by Gasteiger charge is -2.19.